The summed E-state index contributed by atoms with van der Waals surface area (Å²) in [5.74, 6) is 0.223. The lowest BCUT2D eigenvalue weighted by atomic mass is 10.3. The molecule has 0 bridgehead atoms. The monoisotopic (exact) mass is 180 g/mol. The lowest BCUT2D eigenvalue weighted by Gasteiger charge is -1.90. The lowest BCUT2D eigenvalue weighted by molar-refractivity contribution is -0.874. The first-order valence-corrected chi connectivity index (χ1v) is 3.87. The highest BCUT2D eigenvalue weighted by Crippen LogP contribution is 2.13. The van der Waals surface area contributed by atoms with Crippen LogP contribution < -0.4 is 10.0 Å². The van der Waals surface area contributed by atoms with Gasteiger partial charge in [0.1, 0.15) is 0 Å². The molecule has 0 atom stereocenters. The zero-order valence-corrected chi connectivity index (χ0v) is 7.10. The van der Waals surface area contributed by atoms with Gasteiger partial charge in [-0.25, -0.2) is 0 Å². The van der Waals surface area contributed by atoms with E-state index in [0.29, 0.717) is 11.0 Å². The molecule has 1 aromatic heterocycles. The zero-order valence-electron chi connectivity index (χ0n) is 7.10. The largest absolute Gasteiger partial charge is 0.431 e. The van der Waals surface area contributed by atoms with Gasteiger partial charge < -0.3 is 10.4 Å². The number of nitrogens with one attached hydrogen (secondary N) is 1. The summed E-state index contributed by atoms with van der Waals surface area (Å²) in [7, 11) is 1.62. The van der Waals surface area contributed by atoms with Gasteiger partial charge in [-0.05, 0) is 12.1 Å². The van der Waals surface area contributed by atoms with Gasteiger partial charge in [0.05, 0.1) is 7.05 Å². The molecule has 0 saturated heterocycles. The first-order valence-electron chi connectivity index (χ1n) is 3.87. The van der Waals surface area contributed by atoms with Crippen molar-refractivity contribution in [2.24, 2.45) is 0 Å². The van der Waals surface area contributed by atoms with Gasteiger partial charge in [-0.1, -0.05) is 21.6 Å². The molecule has 0 aliphatic heterocycles. The van der Waals surface area contributed by atoms with Gasteiger partial charge in [-0.3, -0.25) is 5.32 Å². The SMILES string of the molecule is CNc1n(O)c2ccccc2[n+]1O. The number of para-hydroxylation sites is 2. The molecule has 0 radical (unpaired) electrons. The number of benzene rings is 1. The Morgan fingerprint density at radius 2 is 2.08 bits per heavy atom. The minimum Gasteiger partial charge on any atom is -0.371 e. The topological polar surface area (TPSA) is 61.3 Å². The number of rotatable bonds is 1. The van der Waals surface area contributed by atoms with E-state index < -0.39 is 0 Å². The Morgan fingerprint density at radius 1 is 1.38 bits per heavy atom. The molecule has 0 fully saturated rings. The van der Waals surface area contributed by atoms with Crippen molar-refractivity contribution in [2.45, 2.75) is 0 Å². The van der Waals surface area contributed by atoms with Gasteiger partial charge in [-0.15, -0.1) is 0 Å². The summed E-state index contributed by atoms with van der Waals surface area (Å²) >= 11 is 0. The highest BCUT2D eigenvalue weighted by Gasteiger charge is 2.21. The number of nitrogens with zero attached hydrogens (tertiary/aromatic N) is 2. The third kappa shape index (κ3) is 0.900. The Kier molecular flexibility index (Phi) is 1.51. The van der Waals surface area contributed by atoms with E-state index in [2.05, 4.69) is 5.32 Å². The Balaban J connectivity index is 2.88. The normalized spacial score (nSPS) is 10.5. The summed E-state index contributed by atoms with van der Waals surface area (Å²) < 4.78 is 1.80. The second-order valence-corrected chi connectivity index (χ2v) is 2.69. The second kappa shape index (κ2) is 2.55. The molecule has 5 heteroatoms. The maximum absolute atomic E-state index is 9.54. The van der Waals surface area contributed by atoms with Crippen molar-refractivity contribution < 1.29 is 15.1 Å². The summed E-state index contributed by atoms with van der Waals surface area (Å²) in [4.78, 5) is 0. The number of aromatic nitrogens is 2. The fraction of sp³-hybridized carbons (Fsp3) is 0.125. The van der Waals surface area contributed by atoms with Gasteiger partial charge >= 0.3 is 5.95 Å². The van der Waals surface area contributed by atoms with E-state index in [1.54, 1.807) is 31.3 Å². The van der Waals surface area contributed by atoms with Gasteiger partial charge in [0.2, 0.25) is 0 Å². The third-order valence-corrected chi connectivity index (χ3v) is 1.96. The van der Waals surface area contributed by atoms with Crippen LogP contribution in [-0.4, -0.2) is 22.2 Å². The maximum Gasteiger partial charge on any atom is 0.431 e. The molecule has 1 heterocycles. The van der Waals surface area contributed by atoms with Gasteiger partial charge in [-0.2, -0.15) is 0 Å². The van der Waals surface area contributed by atoms with Crippen LogP contribution in [0.2, 0.25) is 0 Å². The molecule has 0 amide bonds. The molecule has 5 nitrogen and oxygen atoms in total. The van der Waals surface area contributed by atoms with Crippen molar-refractivity contribution in [1.82, 2.24) is 4.73 Å². The van der Waals surface area contributed by atoms with Crippen LogP contribution in [0, 0.1) is 0 Å². The van der Waals surface area contributed by atoms with Crippen LogP contribution >= 0.6 is 0 Å². The molecule has 2 rings (SSSR count). The van der Waals surface area contributed by atoms with E-state index >= 15 is 0 Å². The Hall–Kier alpha value is -1.91. The number of hydrogen-bond donors (Lipinski definition) is 3. The average Bonchev–Trinajstić information content (AvgIpc) is 2.41. The number of hydrogen-bond acceptors (Lipinski definition) is 3. The van der Waals surface area contributed by atoms with Crippen molar-refractivity contribution >= 4 is 17.0 Å². The first-order chi connectivity index (χ1) is 6.25. The fourth-order valence-electron chi connectivity index (χ4n) is 1.35. The highest BCUT2D eigenvalue weighted by molar-refractivity contribution is 5.73. The molecule has 1 aromatic carbocycles. The molecule has 0 spiro atoms. The zero-order chi connectivity index (χ0) is 9.42. The van der Waals surface area contributed by atoms with Crippen molar-refractivity contribution in [3.05, 3.63) is 24.3 Å². The molecular weight excluding hydrogens is 170 g/mol. The predicted octanol–water partition coefficient (Wildman–Crippen LogP) is 0.445. The van der Waals surface area contributed by atoms with E-state index in [9.17, 15) is 10.4 Å². The Morgan fingerprint density at radius 3 is 2.69 bits per heavy atom. The molecular formula is C8H10N3O2+. The van der Waals surface area contributed by atoms with Crippen molar-refractivity contribution in [1.29, 1.82) is 0 Å². The van der Waals surface area contributed by atoms with Crippen LogP contribution in [0.15, 0.2) is 24.3 Å². The van der Waals surface area contributed by atoms with Gasteiger partial charge in [0.25, 0.3) is 0 Å². The summed E-state index contributed by atoms with van der Waals surface area (Å²) in [5.41, 5.74) is 1.10. The Bertz CT molecular complexity index is 411. The number of imidazole rings is 1. The lowest BCUT2D eigenvalue weighted by Crippen LogP contribution is -2.32. The fourth-order valence-corrected chi connectivity index (χ4v) is 1.35. The van der Waals surface area contributed by atoms with E-state index in [-0.39, 0.29) is 5.95 Å². The van der Waals surface area contributed by atoms with E-state index in [1.807, 2.05) is 0 Å². The summed E-state index contributed by atoms with van der Waals surface area (Å²) in [6.07, 6.45) is 0. The van der Waals surface area contributed by atoms with Crippen LogP contribution in [0.1, 0.15) is 0 Å². The minimum absolute atomic E-state index is 0.223. The predicted molar refractivity (Wildman–Crippen MR) is 46.0 cm³/mol. The van der Waals surface area contributed by atoms with Crippen molar-refractivity contribution in [3.8, 4) is 0 Å². The molecule has 13 heavy (non-hydrogen) atoms. The van der Waals surface area contributed by atoms with E-state index in [4.69, 9.17) is 0 Å². The van der Waals surface area contributed by atoms with Crippen LogP contribution in [0.3, 0.4) is 0 Å². The van der Waals surface area contributed by atoms with Crippen LogP contribution in [-0.2, 0) is 0 Å². The first kappa shape index (κ1) is 7.72. The quantitative estimate of drug-likeness (QED) is 0.441. The van der Waals surface area contributed by atoms with Gasteiger partial charge in [0, 0.05) is 0 Å². The van der Waals surface area contributed by atoms with Crippen molar-refractivity contribution in [3.63, 3.8) is 0 Å². The van der Waals surface area contributed by atoms with Crippen LogP contribution in [0.4, 0.5) is 5.95 Å². The Labute approximate surface area is 74.4 Å². The van der Waals surface area contributed by atoms with E-state index in [1.165, 1.54) is 0 Å². The van der Waals surface area contributed by atoms with Gasteiger partial charge in [0.15, 0.2) is 11.0 Å². The summed E-state index contributed by atoms with van der Waals surface area (Å²) in [5, 5.41) is 21.8. The summed E-state index contributed by atoms with van der Waals surface area (Å²) in [6.45, 7) is 0. The maximum atomic E-state index is 9.54. The molecule has 3 N–H and O–H groups in total. The average molecular weight is 180 g/mol. The van der Waals surface area contributed by atoms with Crippen molar-refractivity contribution in [2.75, 3.05) is 12.4 Å². The molecule has 0 aliphatic rings. The molecule has 0 saturated carbocycles. The molecule has 2 aromatic rings. The van der Waals surface area contributed by atoms with Crippen LogP contribution in [0.5, 0.6) is 0 Å². The second-order valence-electron chi connectivity index (χ2n) is 2.69. The van der Waals surface area contributed by atoms with Crippen LogP contribution in [0.25, 0.3) is 11.0 Å². The van der Waals surface area contributed by atoms with E-state index in [0.717, 1.165) is 9.46 Å². The minimum atomic E-state index is 0.223. The molecule has 0 unspecified atom stereocenters. The number of anilines is 1. The third-order valence-electron chi connectivity index (χ3n) is 1.96. The molecule has 0 aliphatic carbocycles. The smallest absolute Gasteiger partial charge is 0.371 e. The standard InChI is InChI=1S/C8H9N3O2/c1-9-8-10(12)6-4-2-3-5-7(6)11(8)13/h2-5,12-13H,1H3/p+1. The highest BCUT2D eigenvalue weighted by atomic mass is 16.5. The summed E-state index contributed by atoms with van der Waals surface area (Å²) in [6, 6.07) is 6.99. The number of fused-ring (bicyclic) bond motifs is 1. The molecule has 68 valence electrons.